The molecule has 1 aliphatic rings. The van der Waals surface area contributed by atoms with E-state index in [1.54, 1.807) is 0 Å². The number of fused-ring (bicyclic) bond motifs is 1. The number of aromatic nitrogens is 3. The Bertz CT molecular complexity index is 731. The second-order valence-corrected chi connectivity index (χ2v) is 6.84. The van der Waals surface area contributed by atoms with Crippen molar-refractivity contribution in [2.45, 2.75) is 59.2 Å². The van der Waals surface area contributed by atoms with Crippen LogP contribution in [0.15, 0.2) is 29.3 Å². The van der Waals surface area contributed by atoms with Crippen LogP contribution in [0, 0.1) is 0 Å². The third-order valence-corrected chi connectivity index (χ3v) is 4.85. The Hall–Kier alpha value is -2.37. The monoisotopic (exact) mass is 354 g/mol. The van der Waals surface area contributed by atoms with Crippen LogP contribution in [0.1, 0.15) is 49.5 Å². The van der Waals surface area contributed by atoms with Crippen molar-refractivity contribution in [1.29, 1.82) is 0 Å². The third-order valence-electron chi connectivity index (χ3n) is 4.85. The van der Waals surface area contributed by atoms with E-state index in [4.69, 9.17) is 4.99 Å². The number of nitrogens with zero attached hydrogens (tertiary/aromatic N) is 5. The Kier molecular flexibility index (Phi) is 6.26. The molecule has 0 saturated carbocycles. The number of hydrogen-bond donors (Lipinski definition) is 1. The number of rotatable bonds is 6. The first kappa shape index (κ1) is 18.4. The van der Waals surface area contributed by atoms with Gasteiger partial charge in [-0.3, -0.25) is 0 Å². The minimum atomic E-state index is 0.564. The summed E-state index contributed by atoms with van der Waals surface area (Å²) in [5, 5.41) is 12.1. The molecule has 6 heteroatoms. The van der Waals surface area contributed by atoms with E-state index in [0.29, 0.717) is 6.54 Å². The minimum Gasteiger partial charge on any atom is -0.357 e. The summed E-state index contributed by atoms with van der Waals surface area (Å²) in [6.07, 6.45) is 4.52. The molecule has 0 spiro atoms. The molecule has 0 atom stereocenters. The molecule has 2 aromatic rings. The standard InChI is InChI=1S/C20H30N6/c1-4-16-9-11-17(12-10-16)15-25(3)20(21-5-2)22-14-19-24-23-18-8-6-7-13-26(18)19/h9-12H,4-8,13-15H2,1-3H3,(H,21,22). The van der Waals surface area contributed by atoms with Crippen LogP contribution in [0.25, 0.3) is 0 Å². The van der Waals surface area contributed by atoms with Crippen molar-refractivity contribution in [2.24, 2.45) is 4.99 Å². The summed E-state index contributed by atoms with van der Waals surface area (Å²) < 4.78 is 2.24. The van der Waals surface area contributed by atoms with Crippen molar-refractivity contribution in [2.75, 3.05) is 13.6 Å². The normalized spacial score (nSPS) is 14.2. The van der Waals surface area contributed by atoms with Gasteiger partial charge in [0.1, 0.15) is 12.4 Å². The van der Waals surface area contributed by atoms with E-state index in [9.17, 15) is 0 Å². The molecule has 2 heterocycles. The summed E-state index contributed by atoms with van der Waals surface area (Å²) in [7, 11) is 2.08. The molecule has 3 rings (SSSR count). The number of benzene rings is 1. The molecule has 1 aromatic carbocycles. The summed E-state index contributed by atoms with van der Waals surface area (Å²) in [6.45, 7) is 7.53. The van der Waals surface area contributed by atoms with Crippen LogP contribution < -0.4 is 5.32 Å². The van der Waals surface area contributed by atoms with Gasteiger partial charge < -0.3 is 14.8 Å². The number of nitrogens with one attached hydrogen (secondary N) is 1. The minimum absolute atomic E-state index is 0.564. The van der Waals surface area contributed by atoms with Gasteiger partial charge in [-0.2, -0.15) is 0 Å². The van der Waals surface area contributed by atoms with Crippen molar-refractivity contribution < 1.29 is 0 Å². The van der Waals surface area contributed by atoms with Crippen LogP contribution in [0.5, 0.6) is 0 Å². The van der Waals surface area contributed by atoms with E-state index < -0.39 is 0 Å². The molecule has 140 valence electrons. The molecular formula is C20H30N6. The quantitative estimate of drug-likeness (QED) is 0.640. The maximum Gasteiger partial charge on any atom is 0.194 e. The first-order valence-electron chi connectivity index (χ1n) is 9.69. The van der Waals surface area contributed by atoms with E-state index in [2.05, 4.69) is 70.1 Å². The molecule has 26 heavy (non-hydrogen) atoms. The topological polar surface area (TPSA) is 58.3 Å². The van der Waals surface area contributed by atoms with Crippen molar-refractivity contribution in [3.8, 4) is 0 Å². The van der Waals surface area contributed by atoms with Crippen LogP contribution in [-0.2, 0) is 32.5 Å². The molecule has 1 N–H and O–H groups in total. The summed E-state index contributed by atoms with van der Waals surface area (Å²) in [6, 6.07) is 8.81. The summed E-state index contributed by atoms with van der Waals surface area (Å²) >= 11 is 0. The van der Waals surface area contributed by atoms with Gasteiger partial charge >= 0.3 is 0 Å². The predicted octanol–water partition coefficient (Wildman–Crippen LogP) is 2.77. The van der Waals surface area contributed by atoms with Crippen LogP contribution in [-0.4, -0.2) is 39.2 Å². The molecule has 0 aliphatic carbocycles. The van der Waals surface area contributed by atoms with Crippen LogP contribution in [0.4, 0.5) is 0 Å². The molecule has 0 unspecified atom stereocenters. The van der Waals surface area contributed by atoms with Gasteiger partial charge in [-0.25, -0.2) is 4.99 Å². The predicted molar refractivity (Wildman–Crippen MR) is 105 cm³/mol. The molecule has 1 aliphatic heterocycles. The summed E-state index contributed by atoms with van der Waals surface area (Å²) in [4.78, 5) is 6.97. The lowest BCUT2D eigenvalue weighted by Crippen LogP contribution is -2.38. The molecule has 0 radical (unpaired) electrons. The van der Waals surface area contributed by atoms with Crippen molar-refractivity contribution in [3.63, 3.8) is 0 Å². The lowest BCUT2D eigenvalue weighted by Gasteiger charge is -2.22. The second-order valence-electron chi connectivity index (χ2n) is 6.84. The van der Waals surface area contributed by atoms with Gasteiger partial charge in [-0.15, -0.1) is 10.2 Å². The average molecular weight is 355 g/mol. The Morgan fingerprint density at radius 2 is 1.92 bits per heavy atom. The van der Waals surface area contributed by atoms with Gasteiger partial charge in [0, 0.05) is 33.1 Å². The summed E-state index contributed by atoms with van der Waals surface area (Å²) in [5.74, 6) is 2.98. The SMILES string of the molecule is CCNC(=NCc1nnc2n1CCCC2)N(C)Cc1ccc(CC)cc1. The number of aryl methyl sites for hydroxylation is 2. The van der Waals surface area contributed by atoms with Crippen molar-refractivity contribution >= 4 is 5.96 Å². The fourth-order valence-corrected chi connectivity index (χ4v) is 3.33. The highest BCUT2D eigenvalue weighted by Crippen LogP contribution is 2.15. The zero-order chi connectivity index (χ0) is 18.4. The van der Waals surface area contributed by atoms with Gasteiger partial charge in [0.15, 0.2) is 11.8 Å². The number of guanidine groups is 1. The molecule has 6 nitrogen and oxygen atoms in total. The highest BCUT2D eigenvalue weighted by molar-refractivity contribution is 5.79. The Morgan fingerprint density at radius 1 is 1.15 bits per heavy atom. The van der Waals surface area contributed by atoms with Gasteiger partial charge in [-0.05, 0) is 37.3 Å². The summed E-state index contributed by atoms with van der Waals surface area (Å²) in [5.41, 5.74) is 2.66. The van der Waals surface area contributed by atoms with Gasteiger partial charge in [0.2, 0.25) is 0 Å². The molecule has 0 bridgehead atoms. The molecular weight excluding hydrogens is 324 g/mol. The molecule has 0 amide bonds. The lowest BCUT2D eigenvalue weighted by molar-refractivity contribution is 0.474. The zero-order valence-corrected chi connectivity index (χ0v) is 16.2. The number of hydrogen-bond acceptors (Lipinski definition) is 3. The Balaban J connectivity index is 1.68. The maximum absolute atomic E-state index is 4.80. The Labute approximate surface area is 156 Å². The fourth-order valence-electron chi connectivity index (χ4n) is 3.33. The fraction of sp³-hybridized carbons (Fsp3) is 0.550. The van der Waals surface area contributed by atoms with E-state index >= 15 is 0 Å². The highest BCUT2D eigenvalue weighted by Gasteiger charge is 2.15. The maximum atomic E-state index is 4.80. The van der Waals surface area contributed by atoms with Gasteiger partial charge in [0.05, 0.1) is 0 Å². The van der Waals surface area contributed by atoms with E-state index in [1.165, 1.54) is 24.0 Å². The molecule has 1 aromatic heterocycles. The zero-order valence-electron chi connectivity index (χ0n) is 16.2. The van der Waals surface area contributed by atoms with E-state index in [1.807, 2.05) is 0 Å². The van der Waals surface area contributed by atoms with Crippen molar-refractivity contribution in [1.82, 2.24) is 25.0 Å². The first-order chi connectivity index (χ1) is 12.7. The lowest BCUT2D eigenvalue weighted by atomic mass is 10.1. The average Bonchev–Trinajstić information content (AvgIpc) is 3.09. The van der Waals surface area contributed by atoms with E-state index in [-0.39, 0.29) is 0 Å². The second kappa shape index (κ2) is 8.83. The smallest absolute Gasteiger partial charge is 0.194 e. The highest BCUT2D eigenvalue weighted by atomic mass is 15.3. The molecule has 0 saturated heterocycles. The number of aliphatic imine (C=N–C) groups is 1. The van der Waals surface area contributed by atoms with Crippen LogP contribution in [0.2, 0.25) is 0 Å². The van der Waals surface area contributed by atoms with Crippen LogP contribution >= 0.6 is 0 Å². The largest absolute Gasteiger partial charge is 0.357 e. The Morgan fingerprint density at radius 3 is 2.65 bits per heavy atom. The van der Waals surface area contributed by atoms with Gasteiger partial charge in [-0.1, -0.05) is 31.2 Å². The van der Waals surface area contributed by atoms with Gasteiger partial charge in [0.25, 0.3) is 0 Å². The van der Waals surface area contributed by atoms with Crippen molar-refractivity contribution in [3.05, 3.63) is 47.0 Å². The first-order valence-corrected chi connectivity index (χ1v) is 9.69. The van der Waals surface area contributed by atoms with E-state index in [0.717, 1.165) is 50.1 Å². The van der Waals surface area contributed by atoms with Crippen LogP contribution in [0.3, 0.4) is 0 Å². The third kappa shape index (κ3) is 4.42. The molecule has 0 fully saturated rings.